The average Bonchev–Trinajstić information content (AvgIpc) is 3.16. The molecule has 1 unspecified atom stereocenters. The Morgan fingerprint density at radius 2 is 1.89 bits per heavy atom. The fourth-order valence-corrected chi connectivity index (χ4v) is 3.40. The summed E-state index contributed by atoms with van der Waals surface area (Å²) in [6.07, 6.45) is 2.58. The van der Waals surface area contributed by atoms with Crippen LogP contribution in [0.1, 0.15) is 63.7 Å². The summed E-state index contributed by atoms with van der Waals surface area (Å²) >= 11 is 0. The third-order valence-corrected chi connectivity index (χ3v) is 4.95. The van der Waals surface area contributed by atoms with Gasteiger partial charge in [0, 0.05) is 37.4 Å². The molecular formula is C22H32N4O. The minimum Gasteiger partial charge on any atom is -0.378 e. The van der Waals surface area contributed by atoms with E-state index in [9.17, 15) is 0 Å². The molecule has 0 spiro atoms. The number of hydrogen-bond donors (Lipinski definition) is 1. The Morgan fingerprint density at radius 1 is 1.15 bits per heavy atom. The lowest BCUT2D eigenvalue weighted by molar-refractivity contribution is 0.181. The zero-order chi connectivity index (χ0) is 19.4. The normalized spacial score (nSPS) is 15.8. The fourth-order valence-electron chi connectivity index (χ4n) is 3.40. The van der Waals surface area contributed by atoms with Gasteiger partial charge >= 0.3 is 0 Å². The smallest absolute Gasteiger partial charge is 0.136 e. The monoisotopic (exact) mass is 368 g/mol. The molecule has 3 rings (SSSR count). The third kappa shape index (κ3) is 4.98. The number of methoxy groups -OCH3 is 1. The molecular weight excluding hydrogens is 336 g/mol. The molecule has 146 valence electrons. The van der Waals surface area contributed by atoms with E-state index in [0.717, 1.165) is 30.4 Å². The molecule has 1 fully saturated rings. The summed E-state index contributed by atoms with van der Waals surface area (Å²) in [6.45, 7) is 11.4. The maximum Gasteiger partial charge on any atom is 0.136 e. The zero-order valence-corrected chi connectivity index (χ0v) is 17.2. The molecule has 27 heavy (non-hydrogen) atoms. The number of aromatic nitrogens is 2. The number of nitrogens with zero attached hydrogens (tertiary/aromatic N) is 3. The molecule has 0 amide bonds. The van der Waals surface area contributed by atoms with Crippen molar-refractivity contribution in [2.75, 3.05) is 30.4 Å². The molecule has 1 aliphatic rings. The van der Waals surface area contributed by atoms with Gasteiger partial charge in [0.2, 0.25) is 0 Å². The molecule has 1 aromatic carbocycles. The molecule has 0 saturated carbocycles. The van der Waals surface area contributed by atoms with E-state index >= 15 is 0 Å². The van der Waals surface area contributed by atoms with Gasteiger partial charge in [0.05, 0.1) is 18.3 Å². The van der Waals surface area contributed by atoms with Crippen LogP contribution in [0.4, 0.5) is 11.5 Å². The van der Waals surface area contributed by atoms with Crippen LogP contribution in [-0.2, 0) is 16.8 Å². The molecule has 1 saturated heterocycles. The molecule has 5 nitrogen and oxygen atoms in total. The summed E-state index contributed by atoms with van der Waals surface area (Å²) in [7, 11) is 1.69. The summed E-state index contributed by atoms with van der Waals surface area (Å²) in [5.74, 6) is 1.68. The maximum absolute atomic E-state index is 5.29. The van der Waals surface area contributed by atoms with Crippen LogP contribution in [-0.4, -0.2) is 30.2 Å². The van der Waals surface area contributed by atoms with Crippen molar-refractivity contribution >= 4 is 11.5 Å². The number of rotatable bonds is 6. The number of hydrogen-bond acceptors (Lipinski definition) is 5. The largest absolute Gasteiger partial charge is 0.378 e. The van der Waals surface area contributed by atoms with Crippen molar-refractivity contribution in [3.8, 4) is 0 Å². The Bertz CT molecular complexity index is 763. The summed E-state index contributed by atoms with van der Waals surface area (Å²) in [5.41, 5.74) is 3.37. The van der Waals surface area contributed by atoms with Crippen LogP contribution in [0.25, 0.3) is 0 Å². The van der Waals surface area contributed by atoms with Crippen molar-refractivity contribution in [2.24, 2.45) is 0 Å². The van der Waals surface area contributed by atoms with E-state index in [1.807, 2.05) is 6.07 Å². The van der Waals surface area contributed by atoms with Gasteiger partial charge in [-0.1, -0.05) is 32.9 Å². The van der Waals surface area contributed by atoms with E-state index < -0.39 is 0 Å². The summed E-state index contributed by atoms with van der Waals surface area (Å²) in [6, 6.07) is 11.0. The zero-order valence-electron chi connectivity index (χ0n) is 17.2. The van der Waals surface area contributed by atoms with E-state index in [-0.39, 0.29) is 11.5 Å². The van der Waals surface area contributed by atoms with Gasteiger partial charge in [-0.3, -0.25) is 0 Å². The van der Waals surface area contributed by atoms with Crippen molar-refractivity contribution in [1.82, 2.24) is 9.97 Å². The fraction of sp³-hybridized carbons (Fsp3) is 0.545. The first-order valence-electron chi connectivity index (χ1n) is 9.85. The third-order valence-electron chi connectivity index (χ3n) is 4.95. The van der Waals surface area contributed by atoms with E-state index in [1.54, 1.807) is 7.11 Å². The number of nitrogens with one attached hydrogen (secondary N) is 1. The topological polar surface area (TPSA) is 50.3 Å². The van der Waals surface area contributed by atoms with Gasteiger partial charge in [-0.05, 0) is 37.5 Å². The lowest BCUT2D eigenvalue weighted by Gasteiger charge is -2.22. The van der Waals surface area contributed by atoms with Crippen LogP contribution in [0.5, 0.6) is 0 Å². The number of anilines is 2. The first kappa shape index (κ1) is 19.6. The van der Waals surface area contributed by atoms with E-state index in [1.165, 1.54) is 24.1 Å². The Hall–Kier alpha value is -2.14. The molecule has 0 radical (unpaired) electrons. The molecule has 5 heteroatoms. The Balaban J connectivity index is 1.81. The van der Waals surface area contributed by atoms with Gasteiger partial charge in [0.25, 0.3) is 0 Å². The average molecular weight is 369 g/mol. The quantitative estimate of drug-likeness (QED) is 0.801. The maximum atomic E-state index is 5.29. The highest BCUT2D eigenvalue weighted by atomic mass is 16.5. The van der Waals surface area contributed by atoms with Crippen LogP contribution in [0, 0.1) is 0 Å². The Labute approximate surface area is 163 Å². The molecule has 1 atom stereocenters. The van der Waals surface area contributed by atoms with Crippen molar-refractivity contribution in [2.45, 2.75) is 58.6 Å². The lowest BCUT2D eigenvalue weighted by Crippen LogP contribution is -2.20. The van der Waals surface area contributed by atoms with Gasteiger partial charge in [0.15, 0.2) is 0 Å². The molecule has 2 heterocycles. The summed E-state index contributed by atoms with van der Waals surface area (Å²) < 4.78 is 5.29. The molecule has 0 aliphatic carbocycles. The predicted molar refractivity (Wildman–Crippen MR) is 111 cm³/mol. The van der Waals surface area contributed by atoms with Crippen LogP contribution >= 0.6 is 0 Å². The first-order valence-corrected chi connectivity index (χ1v) is 9.85. The van der Waals surface area contributed by atoms with E-state index in [2.05, 4.69) is 67.2 Å². The molecule has 1 N–H and O–H groups in total. The second-order valence-electron chi connectivity index (χ2n) is 8.41. The van der Waals surface area contributed by atoms with Gasteiger partial charge in [-0.15, -0.1) is 0 Å². The van der Waals surface area contributed by atoms with Crippen molar-refractivity contribution in [3.63, 3.8) is 0 Å². The van der Waals surface area contributed by atoms with Crippen LogP contribution in [0.2, 0.25) is 0 Å². The second kappa shape index (κ2) is 8.26. The second-order valence-corrected chi connectivity index (χ2v) is 8.41. The number of benzene rings is 1. The molecule has 1 aliphatic heterocycles. The van der Waals surface area contributed by atoms with Crippen molar-refractivity contribution in [1.29, 1.82) is 0 Å². The summed E-state index contributed by atoms with van der Waals surface area (Å²) in [5, 5.41) is 3.56. The summed E-state index contributed by atoms with van der Waals surface area (Å²) in [4.78, 5) is 11.9. The van der Waals surface area contributed by atoms with Gasteiger partial charge in [-0.25, -0.2) is 9.97 Å². The van der Waals surface area contributed by atoms with Crippen LogP contribution in [0.3, 0.4) is 0 Å². The van der Waals surface area contributed by atoms with E-state index in [4.69, 9.17) is 9.72 Å². The van der Waals surface area contributed by atoms with Gasteiger partial charge < -0.3 is 15.0 Å². The van der Waals surface area contributed by atoms with Crippen molar-refractivity contribution < 1.29 is 4.74 Å². The van der Waals surface area contributed by atoms with E-state index in [0.29, 0.717) is 6.61 Å². The highest BCUT2D eigenvalue weighted by Crippen LogP contribution is 2.27. The molecule has 1 aromatic heterocycles. The Kier molecular flexibility index (Phi) is 6.00. The first-order chi connectivity index (χ1) is 12.9. The van der Waals surface area contributed by atoms with Crippen LogP contribution in [0.15, 0.2) is 30.3 Å². The standard InChI is InChI=1S/C22H32N4O/c1-16(17-9-8-10-19(13-17)26-11-6-7-12-26)23-20-14-18(15-27-5)24-21(25-20)22(2,3)4/h8-10,13-14,16H,6-7,11-12,15H2,1-5H3,(H,23,24,25). The van der Waals surface area contributed by atoms with Crippen LogP contribution < -0.4 is 10.2 Å². The SMILES string of the molecule is COCc1cc(NC(C)c2cccc(N3CCCC3)c2)nc(C(C)(C)C)n1. The predicted octanol–water partition coefficient (Wildman–Crippen LogP) is 4.69. The highest BCUT2D eigenvalue weighted by molar-refractivity contribution is 5.51. The van der Waals surface area contributed by atoms with Gasteiger partial charge in [-0.2, -0.15) is 0 Å². The lowest BCUT2D eigenvalue weighted by atomic mass is 9.95. The minimum atomic E-state index is -0.112. The molecule has 2 aromatic rings. The highest BCUT2D eigenvalue weighted by Gasteiger charge is 2.20. The minimum absolute atomic E-state index is 0.112. The van der Waals surface area contributed by atoms with Gasteiger partial charge in [0.1, 0.15) is 11.6 Å². The molecule has 0 bridgehead atoms. The Morgan fingerprint density at radius 3 is 2.56 bits per heavy atom. The van der Waals surface area contributed by atoms with Crippen molar-refractivity contribution in [3.05, 3.63) is 47.4 Å². The number of ether oxygens (including phenoxy) is 1.